The minimum absolute atomic E-state index is 0.206. The summed E-state index contributed by atoms with van der Waals surface area (Å²) in [4.78, 5) is 25.3. The summed E-state index contributed by atoms with van der Waals surface area (Å²) in [6.07, 6.45) is 1.48. The van der Waals surface area contributed by atoms with Crippen molar-refractivity contribution in [2.45, 2.75) is 13.8 Å². The zero-order valence-electron chi connectivity index (χ0n) is 11.3. The molecule has 3 rings (SSSR count). The first-order chi connectivity index (χ1) is 10.0. The quantitative estimate of drug-likeness (QED) is 0.798. The highest BCUT2D eigenvalue weighted by molar-refractivity contribution is 7.13. The topological polar surface area (TPSA) is 76.0 Å². The first-order valence-electron chi connectivity index (χ1n) is 6.14. The summed E-state index contributed by atoms with van der Waals surface area (Å²) in [5, 5.41) is 12.6. The van der Waals surface area contributed by atoms with Crippen molar-refractivity contribution in [1.29, 1.82) is 0 Å². The van der Waals surface area contributed by atoms with Crippen molar-refractivity contribution in [2.24, 2.45) is 0 Å². The van der Waals surface area contributed by atoms with Crippen LogP contribution in [0.25, 0.3) is 22.1 Å². The fourth-order valence-corrected chi connectivity index (χ4v) is 3.55. The van der Waals surface area contributed by atoms with Crippen LogP contribution in [0.5, 0.6) is 0 Å². The van der Waals surface area contributed by atoms with Crippen molar-refractivity contribution >= 4 is 28.6 Å². The molecule has 0 fully saturated rings. The zero-order valence-corrected chi connectivity index (χ0v) is 13.0. The predicted octanol–water partition coefficient (Wildman–Crippen LogP) is 3.64. The fraction of sp³-hybridized carbons (Fsp3) is 0.143. The minimum atomic E-state index is -0.971. The second kappa shape index (κ2) is 5.34. The number of carboxylic acids is 1. The molecule has 0 aromatic carbocycles. The number of rotatable bonds is 3. The second-order valence-corrected chi connectivity index (χ2v) is 6.68. The van der Waals surface area contributed by atoms with E-state index < -0.39 is 5.97 Å². The Kier molecular flexibility index (Phi) is 3.52. The van der Waals surface area contributed by atoms with Crippen LogP contribution in [-0.4, -0.2) is 26.0 Å². The van der Waals surface area contributed by atoms with Crippen LogP contribution in [0.1, 0.15) is 20.2 Å². The smallest absolute Gasteiger partial charge is 0.335 e. The molecule has 0 atom stereocenters. The lowest BCUT2D eigenvalue weighted by Gasteiger charge is -1.97. The van der Waals surface area contributed by atoms with Gasteiger partial charge in [0.1, 0.15) is 16.4 Å². The lowest BCUT2D eigenvalue weighted by molar-refractivity contribution is 0.0697. The number of hydrogen-bond acceptors (Lipinski definition) is 6. The molecule has 0 radical (unpaired) electrons. The molecule has 1 N–H and O–H groups in total. The van der Waals surface area contributed by atoms with Gasteiger partial charge in [0.2, 0.25) is 0 Å². The standard InChI is InChI=1S/C14H11N3O2S2/c1-7-12(16-8(2)21-7)11-6-20-13(17-11)10-5-9(14(18)19)3-4-15-10/h3-6H,1-2H3,(H,18,19). The number of nitrogens with zero attached hydrogens (tertiary/aromatic N) is 3. The third kappa shape index (κ3) is 2.70. The number of carbonyl (C=O) groups is 1. The molecule has 7 heteroatoms. The normalized spacial score (nSPS) is 10.8. The number of hydrogen-bond donors (Lipinski definition) is 1. The highest BCUT2D eigenvalue weighted by Gasteiger charge is 2.14. The van der Waals surface area contributed by atoms with Crippen molar-refractivity contribution < 1.29 is 9.90 Å². The Bertz CT molecular complexity index is 823. The van der Waals surface area contributed by atoms with Crippen LogP contribution in [0.3, 0.4) is 0 Å². The van der Waals surface area contributed by atoms with Crippen molar-refractivity contribution in [3.8, 4) is 22.1 Å². The second-order valence-electron chi connectivity index (χ2n) is 4.41. The van der Waals surface area contributed by atoms with Gasteiger partial charge in [-0.3, -0.25) is 4.98 Å². The van der Waals surface area contributed by atoms with E-state index in [2.05, 4.69) is 15.0 Å². The fourth-order valence-electron chi connectivity index (χ4n) is 1.95. The molecule has 0 spiro atoms. The molecule has 5 nitrogen and oxygen atoms in total. The summed E-state index contributed by atoms with van der Waals surface area (Å²) in [5.74, 6) is -0.971. The molecule has 0 bridgehead atoms. The van der Waals surface area contributed by atoms with Crippen LogP contribution in [0.2, 0.25) is 0 Å². The Hall–Kier alpha value is -2.12. The van der Waals surface area contributed by atoms with Gasteiger partial charge in [0.05, 0.1) is 16.3 Å². The largest absolute Gasteiger partial charge is 0.478 e. The average molecular weight is 317 g/mol. The van der Waals surface area contributed by atoms with E-state index in [1.54, 1.807) is 11.3 Å². The van der Waals surface area contributed by atoms with E-state index in [9.17, 15) is 4.79 Å². The van der Waals surface area contributed by atoms with E-state index in [4.69, 9.17) is 5.11 Å². The van der Waals surface area contributed by atoms with E-state index in [0.717, 1.165) is 21.3 Å². The lowest BCUT2D eigenvalue weighted by Crippen LogP contribution is -1.97. The van der Waals surface area contributed by atoms with Crippen LogP contribution in [0.15, 0.2) is 23.7 Å². The number of carboxylic acid groups (broad SMARTS) is 1. The summed E-state index contributed by atoms with van der Waals surface area (Å²) in [6.45, 7) is 3.98. The molecule has 0 saturated heterocycles. The van der Waals surface area contributed by atoms with Crippen LogP contribution >= 0.6 is 22.7 Å². The molecule has 106 valence electrons. The van der Waals surface area contributed by atoms with Crippen molar-refractivity contribution in [2.75, 3.05) is 0 Å². The molecule has 0 aliphatic heterocycles. The van der Waals surface area contributed by atoms with Gasteiger partial charge in [-0.15, -0.1) is 22.7 Å². The highest BCUT2D eigenvalue weighted by atomic mass is 32.1. The van der Waals surface area contributed by atoms with E-state index in [-0.39, 0.29) is 5.56 Å². The number of thiazole rings is 2. The Labute approximate surface area is 129 Å². The van der Waals surface area contributed by atoms with Crippen LogP contribution in [0, 0.1) is 13.8 Å². The zero-order chi connectivity index (χ0) is 15.0. The SMILES string of the molecule is Cc1nc(-c2csc(-c3cc(C(=O)O)ccn3)n2)c(C)s1. The van der Waals surface area contributed by atoms with Crippen LogP contribution in [0.4, 0.5) is 0 Å². The van der Waals surface area contributed by atoms with Gasteiger partial charge >= 0.3 is 5.97 Å². The summed E-state index contributed by atoms with van der Waals surface area (Å²) < 4.78 is 0. The van der Waals surface area contributed by atoms with Gasteiger partial charge in [0, 0.05) is 16.5 Å². The van der Waals surface area contributed by atoms with Gasteiger partial charge in [0.25, 0.3) is 0 Å². The summed E-state index contributed by atoms with van der Waals surface area (Å²) in [5.41, 5.74) is 2.46. The van der Waals surface area contributed by atoms with Crippen LogP contribution < -0.4 is 0 Å². The molecule has 0 unspecified atom stereocenters. The molecule has 3 aromatic rings. The number of pyridine rings is 1. The molecule has 0 amide bonds. The first-order valence-corrected chi connectivity index (χ1v) is 7.84. The van der Waals surface area contributed by atoms with Gasteiger partial charge in [-0.05, 0) is 26.0 Å². The third-order valence-electron chi connectivity index (χ3n) is 2.88. The number of aryl methyl sites for hydroxylation is 2. The Balaban J connectivity index is 2.00. The third-order valence-corrected chi connectivity index (χ3v) is 4.63. The van der Waals surface area contributed by atoms with E-state index in [1.165, 1.54) is 29.7 Å². The summed E-state index contributed by atoms with van der Waals surface area (Å²) in [7, 11) is 0. The maximum absolute atomic E-state index is 11.0. The van der Waals surface area contributed by atoms with E-state index in [0.29, 0.717) is 10.7 Å². The van der Waals surface area contributed by atoms with Crippen molar-refractivity contribution in [3.63, 3.8) is 0 Å². The molecular formula is C14H11N3O2S2. The van der Waals surface area contributed by atoms with Crippen LogP contribution in [-0.2, 0) is 0 Å². The van der Waals surface area contributed by atoms with Gasteiger partial charge in [0.15, 0.2) is 0 Å². The van der Waals surface area contributed by atoms with E-state index >= 15 is 0 Å². The molecule has 3 heterocycles. The van der Waals surface area contributed by atoms with Gasteiger partial charge in [-0.1, -0.05) is 0 Å². The van der Waals surface area contributed by atoms with Gasteiger partial charge in [-0.25, -0.2) is 14.8 Å². The molecule has 21 heavy (non-hydrogen) atoms. The van der Waals surface area contributed by atoms with E-state index in [1.807, 2.05) is 19.2 Å². The highest BCUT2D eigenvalue weighted by Crippen LogP contribution is 2.31. The summed E-state index contributed by atoms with van der Waals surface area (Å²) in [6, 6.07) is 3.00. The Morgan fingerprint density at radius 3 is 2.71 bits per heavy atom. The Morgan fingerprint density at radius 1 is 1.24 bits per heavy atom. The van der Waals surface area contributed by atoms with Gasteiger partial charge < -0.3 is 5.11 Å². The monoisotopic (exact) mass is 317 g/mol. The molecule has 0 aliphatic rings. The number of aromatic nitrogens is 3. The first kappa shape index (κ1) is 13.8. The minimum Gasteiger partial charge on any atom is -0.478 e. The maximum atomic E-state index is 11.0. The molecule has 0 saturated carbocycles. The van der Waals surface area contributed by atoms with Gasteiger partial charge in [-0.2, -0.15) is 0 Å². The number of aromatic carboxylic acids is 1. The molecule has 3 aromatic heterocycles. The van der Waals surface area contributed by atoms with Crippen molar-refractivity contribution in [3.05, 3.63) is 39.2 Å². The summed E-state index contributed by atoms with van der Waals surface area (Å²) >= 11 is 3.07. The maximum Gasteiger partial charge on any atom is 0.335 e. The predicted molar refractivity (Wildman–Crippen MR) is 82.9 cm³/mol. The Morgan fingerprint density at radius 2 is 2.05 bits per heavy atom. The molecular weight excluding hydrogens is 306 g/mol. The van der Waals surface area contributed by atoms with Crippen molar-refractivity contribution in [1.82, 2.24) is 15.0 Å². The average Bonchev–Trinajstić information content (AvgIpc) is 3.05. The lowest BCUT2D eigenvalue weighted by atomic mass is 10.2. The molecule has 0 aliphatic carbocycles.